The zero-order valence-corrected chi connectivity index (χ0v) is 17.9. The zero-order chi connectivity index (χ0) is 22.6. The molecule has 0 bridgehead atoms. The molecular formula is C26H25N3O3. The third kappa shape index (κ3) is 4.12. The van der Waals surface area contributed by atoms with Gasteiger partial charge in [0, 0.05) is 12.1 Å². The molecule has 0 aromatic heterocycles. The number of benzene rings is 3. The van der Waals surface area contributed by atoms with Crippen molar-refractivity contribution >= 4 is 23.5 Å². The number of carbonyl (C=O) groups excluding carboxylic acids is 3. The Balaban J connectivity index is 1.60. The fourth-order valence-electron chi connectivity index (χ4n) is 4.10. The quantitative estimate of drug-likeness (QED) is 0.562. The number of nitrogens with one attached hydrogen (secondary N) is 2. The average molecular weight is 428 g/mol. The number of anilines is 1. The Morgan fingerprint density at radius 1 is 0.906 bits per heavy atom. The average Bonchev–Trinajstić information content (AvgIpc) is 3.05. The van der Waals surface area contributed by atoms with E-state index in [-0.39, 0.29) is 6.54 Å². The summed E-state index contributed by atoms with van der Waals surface area (Å²) < 4.78 is 0. The summed E-state index contributed by atoms with van der Waals surface area (Å²) in [5, 5.41) is 5.71. The van der Waals surface area contributed by atoms with Crippen LogP contribution in [-0.2, 0) is 28.0 Å². The van der Waals surface area contributed by atoms with E-state index < -0.39 is 23.4 Å². The number of amides is 4. The van der Waals surface area contributed by atoms with Crippen molar-refractivity contribution in [1.29, 1.82) is 0 Å². The van der Waals surface area contributed by atoms with Crippen molar-refractivity contribution < 1.29 is 14.4 Å². The first-order chi connectivity index (χ1) is 15.5. The Bertz CT molecular complexity index is 1130. The monoisotopic (exact) mass is 427 g/mol. The van der Waals surface area contributed by atoms with Crippen molar-refractivity contribution in [2.75, 3.05) is 11.9 Å². The molecule has 3 aromatic carbocycles. The number of aryl methyl sites for hydroxylation is 1. The maximum atomic E-state index is 13.6. The van der Waals surface area contributed by atoms with E-state index in [0.717, 1.165) is 22.4 Å². The Morgan fingerprint density at radius 2 is 1.53 bits per heavy atom. The molecule has 6 heteroatoms. The standard InChI is InChI=1S/C26H25N3O3/c1-2-20-13-9-10-16-22(20)27-23(30)18-29-24(31)26(28-25(29)32,21-14-7-4-8-15-21)17-19-11-5-3-6-12-19/h3-16H,2,17-18H2,1H3,(H,27,30)(H,28,32). The molecule has 1 atom stereocenters. The van der Waals surface area contributed by atoms with E-state index >= 15 is 0 Å². The fourth-order valence-corrected chi connectivity index (χ4v) is 4.10. The molecule has 1 heterocycles. The highest BCUT2D eigenvalue weighted by Crippen LogP contribution is 2.33. The summed E-state index contributed by atoms with van der Waals surface area (Å²) in [5.74, 6) is -0.852. The molecular weight excluding hydrogens is 402 g/mol. The van der Waals surface area contributed by atoms with E-state index in [4.69, 9.17) is 0 Å². The summed E-state index contributed by atoms with van der Waals surface area (Å²) in [4.78, 5) is 40.3. The van der Waals surface area contributed by atoms with E-state index in [1.54, 1.807) is 0 Å². The summed E-state index contributed by atoms with van der Waals surface area (Å²) in [6.45, 7) is 1.65. The minimum atomic E-state index is -1.26. The molecule has 1 aliphatic heterocycles. The number of rotatable bonds is 7. The molecule has 0 radical (unpaired) electrons. The summed E-state index contributed by atoms with van der Waals surface area (Å²) in [6, 6.07) is 25.6. The van der Waals surface area contributed by atoms with Crippen LogP contribution in [0.3, 0.4) is 0 Å². The van der Waals surface area contributed by atoms with Crippen LogP contribution in [0.1, 0.15) is 23.6 Å². The lowest BCUT2D eigenvalue weighted by Gasteiger charge is -2.27. The van der Waals surface area contributed by atoms with Crippen LogP contribution in [0.15, 0.2) is 84.9 Å². The van der Waals surface area contributed by atoms with Crippen molar-refractivity contribution in [3.63, 3.8) is 0 Å². The van der Waals surface area contributed by atoms with Gasteiger partial charge in [-0.1, -0.05) is 85.8 Å². The number of hydrogen-bond acceptors (Lipinski definition) is 3. The van der Waals surface area contributed by atoms with Gasteiger partial charge in [0.1, 0.15) is 6.54 Å². The van der Waals surface area contributed by atoms with Gasteiger partial charge in [-0.05, 0) is 29.2 Å². The second kappa shape index (κ2) is 9.06. The summed E-state index contributed by atoms with van der Waals surface area (Å²) >= 11 is 0. The first-order valence-electron chi connectivity index (χ1n) is 10.6. The SMILES string of the molecule is CCc1ccccc1NC(=O)CN1C(=O)NC(Cc2ccccc2)(c2ccccc2)C1=O. The van der Waals surface area contributed by atoms with E-state index in [9.17, 15) is 14.4 Å². The molecule has 6 nitrogen and oxygen atoms in total. The number of hydrogen-bond donors (Lipinski definition) is 2. The van der Waals surface area contributed by atoms with Crippen molar-refractivity contribution in [2.24, 2.45) is 0 Å². The normalized spacial score (nSPS) is 17.8. The highest BCUT2D eigenvalue weighted by molar-refractivity contribution is 6.10. The number of imide groups is 1. The molecule has 1 saturated heterocycles. The zero-order valence-electron chi connectivity index (χ0n) is 17.9. The largest absolute Gasteiger partial charge is 0.325 e. The van der Waals surface area contributed by atoms with Gasteiger partial charge in [0.05, 0.1) is 0 Å². The molecule has 0 saturated carbocycles. The molecule has 0 aliphatic carbocycles. The Hall–Kier alpha value is -3.93. The molecule has 4 rings (SSSR count). The van der Waals surface area contributed by atoms with Gasteiger partial charge in [0.15, 0.2) is 5.54 Å². The van der Waals surface area contributed by atoms with Crippen molar-refractivity contribution in [3.05, 3.63) is 102 Å². The predicted molar refractivity (Wildman–Crippen MR) is 123 cm³/mol. The summed E-state index contributed by atoms with van der Waals surface area (Å²) in [5.41, 5.74) is 2.00. The Kier molecular flexibility index (Phi) is 6.03. The van der Waals surface area contributed by atoms with Gasteiger partial charge in [0.2, 0.25) is 5.91 Å². The summed E-state index contributed by atoms with van der Waals surface area (Å²) in [7, 11) is 0. The molecule has 4 amide bonds. The van der Waals surface area contributed by atoms with Gasteiger partial charge in [-0.2, -0.15) is 0 Å². The summed E-state index contributed by atoms with van der Waals surface area (Å²) in [6.07, 6.45) is 1.05. The van der Waals surface area contributed by atoms with Crippen LogP contribution in [0.25, 0.3) is 0 Å². The van der Waals surface area contributed by atoms with E-state index in [1.807, 2.05) is 91.9 Å². The van der Waals surface area contributed by atoms with Crippen LogP contribution >= 0.6 is 0 Å². The molecule has 162 valence electrons. The lowest BCUT2D eigenvalue weighted by Crippen LogP contribution is -2.46. The van der Waals surface area contributed by atoms with Crippen LogP contribution < -0.4 is 10.6 Å². The van der Waals surface area contributed by atoms with E-state index in [1.165, 1.54) is 0 Å². The van der Waals surface area contributed by atoms with Gasteiger partial charge >= 0.3 is 6.03 Å². The number of urea groups is 1. The van der Waals surface area contributed by atoms with Gasteiger partial charge in [-0.3, -0.25) is 14.5 Å². The fraction of sp³-hybridized carbons (Fsp3) is 0.192. The van der Waals surface area contributed by atoms with Crippen LogP contribution in [0.2, 0.25) is 0 Å². The molecule has 1 unspecified atom stereocenters. The van der Waals surface area contributed by atoms with Crippen molar-refractivity contribution in [2.45, 2.75) is 25.3 Å². The molecule has 32 heavy (non-hydrogen) atoms. The smallest absolute Gasteiger partial charge is 0.324 e. The van der Waals surface area contributed by atoms with Crippen molar-refractivity contribution in [3.8, 4) is 0 Å². The topological polar surface area (TPSA) is 78.5 Å². The lowest BCUT2D eigenvalue weighted by atomic mass is 9.83. The van der Waals surface area contributed by atoms with Crippen LogP contribution in [-0.4, -0.2) is 29.3 Å². The van der Waals surface area contributed by atoms with Crippen LogP contribution in [0.4, 0.5) is 10.5 Å². The second-order valence-electron chi connectivity index (χ2n) is 7.81. The van der Waals surface area contributed by atoms with Crippen molar-refractivity contribution in [1.82, 2.24) is 10.2 Å². The molecule has 3 aromatic rings. The molecule has 0 spiro atoms. The third-order valence-electron chi connectivity index (χ3n) is 5.73. The lowest BCUT2D eigenvalue weighted by molar-refractivity contribution is -0.134. The first-order valence-corrected chi connectivity index (χ1v) is 10.6. The minimum absolute atomic E-state index is 0.291. The number of carbonyl (C=O) groups is 3. The molecule has 1 fully saturated rings. The van der Waals surface area contributed by atoms with Crippen LogP contribution in [0, 0.1) is 0 Å². The Labute approximate surface area is 187 Å². The minimum Gasteiger partial charge on any atom is -0.324 e. The molecule has 2 N–H and O–H groups in total. The van der Waals surface area contributed by atoms with E-state index in [2.05, 4.69) is 10.6 Å². The number of para-hydroxylation sites is 1. The maximum Gasteiger partial charge on any atom is 0.325 e. The molecule has 1 aliphatic rings. The van der Waals surface area contributed by atoms with Gasteiger partial charge < -0.3 is 10.6 Å². The third-order valence-corrected chi connectivity index (χ3v) is 5.73. The van der Waals surface area contributed by atoms with Gasteiger partial charge in [0.25, 0.3) is 5.91 Å². The number of nitrogens with zero attached hydrogens (tertiary/aromatic N) is 1. The predicted octanol–water partition coefficient (Wildman–Crippen LogP) is 3.88. The van der Waals surface area contributed by atoms with Gasteiger partial charge in [-0.15, -0.1) is 0 Å². The first kappa shape index (κ1) is 21.3. The highest BCUT2D eigenvalue weighted by atomic mass is 16.2. The van der Waals surface area contributed by atoms with Crippen LogP contribution in [0.5, 0.6) is 0 Å². The maximum absolute atomic E-state index is 13.6. The highest BCUT2D eigenvalue weighted by Gasteiger charge is 2.52. The van der Waals surface area contributed by atoms with E-state index in [0.29, 0.717) is 17.7 Å². The Morgan fingerprint density at radius 3 is 2.22 bits per heavy atom. The van der Waals surface area contributed by atoms with Gasteiger partial charge in [-0.25, -0.2) is 4.79 Å². The second-order valence-corrected chi connectivity index (χ2v) is 7.81.